The molecule has 0 unspecified atom stereocenters. The van der Waals surface area contributed by atoms with Crippen molar-refractivity contribution in [3.05, 3.63) is 36.2 Å². The van der Waals surface area contributed by atoms with E-state index in [0.29, 0.717) is 0 Å². The summed E-state index contributed by atoms with van der Waals surface area (Å²) < 4.78 is 6.92. The zero-order valence-electron chi connectivity index (χ0n) is 8.14. The van der Waals surface area contributed by atoms with Crippen LogP contribution in [0.2, 0.25) is 0 Å². The molecule has 1 heterocycles. The third-order valence-electron chi connectivity index (χ3n) is 1.94. The lowest BCUT2D eigenvalue weighted by molar-refractivity contribution is 0.411. The van der Waals surface area contributed by atoms with Gasteiger partial charge in [-0.1, -0.05) is 17.3 Å². The highest BCUT2D eigenvalue weighted by molar-refractivity contribution is 5.45. The zero-order valence-corrected chi connectivity index (χ0v) is 8.14. The van der Waals surface area contributed by atoms with E-state index in [2.05, 4.69) is 10.3 Å². The minimum atomic E-state index is 0.789. The molecule has 0 spiro atoms. The van der Waals surface area contributed by atoms with Gasteiger partial charge in [-0.05, 0) is 19.1 Å². The van der Waals surface area contributed by atoms with Crippen LogP contribution in [0.15, 0.2) is 30.5 Å². The van der Waals surface area contributed by atoms with E-state index < -0.39 is 0 Å². The Labute approximate surface area is 82.1 Å². The van der Waals surface area contributed by atoms with E-state index in [4.69, 9.17) is 4.74 Å². The number of para-hydroxylation sites is 2. The molecule has 0 N–H and O–H groups in total. The number of nitrogens with zero attached hydrogens (tertiary/aromatic N) is 3. The van der Waals surface area contributed by atoms with Crippen molar-refractivity contribution in [2.75, 3.05) is 7.11 Å². The summed E-state index contributed by atoms with van der Waals surface area (Å²) in [6, 6.07) is 7.69. The second-order valence-corrected chi connectivity index (χ2v) is 2.98. The van der Waals surface area contributed by atoms with Crippen LogP contribution in [0.3, 0.4) is 0 Å². The van der Waals surface area contributed by atoms with Gasteiger partial charge < -0.3 is 4.74 Å². The number of hydrogen-bond acceptors (Lipinski definition) is 3. The normalized spacial score (nSPS) is 10.1. The van der Waals surface area contributed by atoms with E-state index in [1.54, 1.807) is 11.8 Å². The van der Waals surface area contributed by atoms with Crippen molar-refractivity contribution in [2.24, 2.45) is 0 Å². The maximum Gasteiger partial charge on any atom is 0.144 e. The van der Waals surface area contributed by atoms with E-state index >= 15 is 0 Å². The minimum Gasteiger partial charge on any atom is -0.494 e. The Hall–Kier alpha value is -1.84. The molecule has 2 rings (SSSR count). The van der Waals surface area contributed by atoms with Gasteiger partial charge >= 0.3 is 0 Å². The summed E-state index contributed by atoms with van der Waals surface area (Å²) in [4.78, 5) is 0. The van der Waals surface area contributed by atoms with Crippen molar-refractivity contribution in [1.82, 2.24) is 15.0 Å². The zero-order chi connectivity index (χ0) is 9.97. The van der Waals surface area contributed by atoms with Gasteiger partial charge in [0.1, 0.15) is 11.4 Å². The average Bonchev–Trinajstić information content (AvgIpc) is 2.65. The Morgan fingerprint density at radius 3 is 2.71 bits per heavy atom. The lowest BCUT2D eigenvalue weighted by atomic mass is 10.3. The molecule has 0 saturated heterocycles. The third-order valence-corrected chi connectivity index (χ3v) is 1.94. The SMILES string of the molecule is COc1ccccc1-n1cc(C)nn1. The van der Waals surface area contributed by atoms with Crippen molar-refractivity contribution in [3.8, 4) is 11.4 Å². The maximum absolute atomic E-state index is 5.22. The van der Waals surface area contributed by atoms with Crippen LogP contribution in [0, 0.1) is 6.92 Å². The number of methoxy groups -OCH3 is 1. The molecular formula is C10H11N3O. The predicted octanol–water partition coefficient (Wildman–Crippen LogP) is 1.58. The van der Waals surface area contributed by atoms with Gasteiger partial charge in [0.05, 0.1) is 19.0 Å². The first kappa shape index (κ1) is 8.74. The van der Waals surface area contributed by atoms with Crippen LogP contribution in [-0.2, 0) is 0 Å². The quantitative estimate of drug-likeness (QED) is 0.720. The molecule has 1 aromatic carbocycles. The van der Waals surface area contributed by atoms with Crippen molar-refractivity contribution >= 4 is 0 Å². The van der Waals surface area contributed by atoms with Gasteiger partial charge in [-0.2, -0.15) is 0 Å². The highest BCUT2D eigenvalue weighted by Gasteiger charge is 2.04. The highest BCUT2D eigenvalue weighted by Crippen LogP contribution is 2.20. The average molecular weight is 189 g/mol. The highest BCUT2D eigenvalue weighted by atomic mass is 16.5. The number of aromatic nitrogens is 3. The Bertz CT molecular complexity index is 436. The van der Waals surface area contributed by atoms with Gasteiger partial charge in [-0.3, -0.25) is 0 Å². The molecule has 0 aliphatic carbocycles. The molecule has 0 radical (unpaired) electrons. The van der Waals surface area contributed by atoms with Crippen LogP contribution in [0.4, 0.5) is 0 Å². The van der Waals surface area contributed by atoms with Crippen LogP contribution in [0.5, 0.6) is 5.75 Å². The van der Waals surface area contributed by atoms with Gasteiger partial charge in [0.25, 0.3) is 0 Å². The lowest BCUT2D eigenvalue weighted by Crippen LogP contribution is -1.98. The summed E-state index contributed by atoms with van der Waals surface area (Å²) in [5.41, 5.74) is 1.78. The Balaban J connectivity index is 2.50. The lowest BCUT2D eigenvalue weighted by Gasteiger charge is -2.06. The van der Waals surface area contributed by atoms with Gasteiger partial charge in [0.2, 0.25) is 0 Å². The van der Waals surface area contributed by atoms with E-state index in [1.165, 1.54) is 0 Å². The van der Waals surface area contributed by atoms with Crippen molar-refractivity contribution in [2.45, 2.75) is 6.92 Å². The molecule has 72 valence electrons. The molecule has 0 bridgehead atoms. The number of rotatable bonds is 2. The van der Waals surface area contributed by atoms with Crippen molar-refractivity contribution in [3.63, 3.8) is 0 Å². The first-order valence-corrected chi connectivity index (χ1v) is 4.33. The fourth-order valence-corrected chi connectivity index (χ4v) is 1.28. The molecule has 0 fully saturated rings. The standard InChI is InChI=1S/C10H11N3O/c1-8-7-13(12-11-8)9-5-3-4-6-10(9)14-2/h3-7H,1-2H3. The smallest absolute Gasteiger partial charge is 0.144 e. The molecule has 4 nitrogen and oxygen atoms in total. The molecule has 4 heteroatoms. The van der Waals surface area contributed by atoms with Crippen LogP contribution in [0.25, 0.3) is 5.69 Å². The summed E-state index contributed by atoms with van der Waals surface area (Å²) in [6.45, 7) is 1.90. The molecular weight excluding hydrogens is 178 g/mol. The van der Waals surface area contributed by atoms with E-state index in [9.17, 15) is 0 Å². The molecule has 0 saturated carbocycles. The molecule has 0 amide bonds. The molecule has 1 aromatic heterocycles. The third kappa shape index (κ3) is 1.46. The molecule has 2 aromatic rings. The fraction of sp³-hybridized carbons (Fsp3) is 0.200. The van der Waals surface area contributed by atoms with Gasteiger partial charge in [0.15, 0.2) is 0 Å². The predicted molar refractivity (Wildman–Crippen MR) is 52.6 cm³/mol. The Morgan fingerprint density at radius 2 is 2.07 bits per heavy atom. The van der Waals surface area contributed by atoms with E-state index in [1.807, 2.05) is 37.4 Å². The van der Waals surface area contributed by atoms with Crippen molar-refractivity contribution in [1.29, 1.82) is 0 Å². The maximum atomic E-state index is 5.22. The van der Waals surface area contributed by atoms with Crippen LogP contribution in [-0.4, -0.2) is 22.1 Å². The minimum absolute atomic E-state index is 0.789. The molecule has 0 aliphatic heterocycles. The Morgan fingerprint density at radius 1 is 1.29 bits per heavy atom. The summed E-state index contributed by atoms with van der Waals surface area (Å²) in [6.07, 6.45) is 1.86. The summed E-state index contributed by atoms with van der Waals surface area (Å²) in [7, 11) is 1.64. The van der Waals surface area contributed by atoms with Gasteiger partial charge in [0, 0.05) is 0 Å². The second-order valence-electron chi connectivity index (χ2n) is 2.98. The van der Waals surface area contributed by atoms with Crippen LogP contribution < -0.4 is 4.74 Å². The van der Waals surface area contributed by atoms with Crippen LogP contribution >= 0.6 is 0 Å². The van der Waals surface area contributed by atoms with E-state index in [-0.39, 0.29) is 0 Å². The number of aryl methyl sites for hydroxylation is 1. The number of ether oxygens (including phenoxy) is 1. The first-order chi connectivity index (χ1) is 6.81. The molecule has 0 atom stereocenters. The van der Waals surface area contributed by atoms with Crippen LogP contribution in [0.1, 0.15) is 5.69 Å². The number of benzene rings is 1. The second kappa shape index (κ2) is 3.49. The van der Waals surface area contributed by atoms with Crippen molar-refractivity contribution < 1.29 is 4.74 Å². The number of hydrogen-bond donors (Lipinski definition) is 0. The first-order valence-electron chi connectivity index (χ1n) is 4.33. The molecule has 0 aliphatic rings. The van der Waals surface area contributed by atoms with Gasteiger partial charge in [-0.15, -0.1) is 5.10 Å². The summed E-state index contributed by atoms with van der Waals surface area (Å²) in [5, 5.41) is 7.91. The van der Waals surface area contributed by atoms with Gasteiger partial charge in [-0.25, -0.2) is 4.68 Å². The largest absolute Gasteiger partial charge is 0.494 e. The summed E-state index contributed by atoms with van der Waals surface area (Å²) >= 11 is 0. The fourth-order valence-electron chi connectivity index (χ4n) is 1.28. The Kier molecular flexibility index (Phi) is 2.18. The molecule has 14 heavy (non-hydrogen) atoms. The summed E-state index contributed by atoms with van der Waals surface area (Å²) in [5.74, 6) is 0.789. The topological polar surface area (TPSA) is 39.9 Å². The monoisotopic (exact) mass is 189 g/mol. The van der Waals surface area contributed by atoms with E-state index in [0.717, 1.165) is 17.1 Å².